The number of hydrogen-bond acceptors (Lipinski definition) is 2. The van der Waals surface area contributed by atoms with E-state index >= 15 is 0 Å². The highest BCUT2D eigenvalue weighted by atomic mass is 79.9. The van der Waals surface area contributed by atoms with Gasteiger partial charge in [0, 0.05) is 12.4 Å². The van der Waals surface area contributed by atoms with Gasteiger partial charge in [0.2, 0.25) is 0 Å². The van der Waals surface area contributed by atoms with Crippen molar-refractivity contribution in [2.45, 2.75) is 51.2 Å². The highest BCUT2D eigenvalue weighted by Crippen LogP contribution is 2.35. The minimum absolute atomic E-state index is 0.0890. The van der Waals surface area contributed by atoms with Crippen molar-refractivity contribution in [1.29, 1.82) is 0 Å². The van der Waals surface area contributed by atoms with Gasteiger partial charge in [0.1, 0.15) is 0 Å². The van der Waals surface area contributed by atoms with Crippen LogP contribution in [0.2, 0.25) is 0 Å². The molecule has 0 radical (unpaired) electrons. The van der Waals surface area contributed by atoms with Gasteiger partial charge >= 0.3 is 0 Å². The zero-order valence-corrected chi connectivity index (χ0v) is 11.7. The Kier molecular flexibility index (Phi) is 5.58. The zero-order valence-electron chi connectivity index (χ0n) is 10.1. The van der Waals surface area contributed by atoms with Crippen molar-refractivity contribution in [2.24, 2.45) is 5.92 Å². The van der Waals surface area contributed by atoms with Gasteiger partial charge in [0.15, 0.2) is 0 Å². The summed E-state index contributed by atoms with van der Waals surface area (Å²) < 4.78 is 11.5. The number of alkyl halides is 1. The van der Waals surface area contributed by atoms with Crippen LogP contribution in [0, 0.1) is 5.92 Å². The molecular formula is C12H23BrO2. The SMILES string of the molecule is COC(COC1(CBr)CCCC1)C(C)C. The summed E-state index contributed by atoms with van der Waals surface area (Å²) in [6.45, 7) is 5.07. The van der Waals surface area contributed by atoms with E-state index in [1.807, 2.05) is 0 Å². The molecule has 0 amide bonds. The first kappa shape index (κ1) is 13.5. The Balaban J connectivity index is 2.39. The molecule has 1 aliphatic carbocycles. The molecule has 0 spiro atoms. The third kappa shape index (κ3) is 3.72. The van der Waals surface area contributed by atoms with Gasteiger partial charge in [-0.3, -0.25) is 0 Å². The minimum Gasteiger partial charge on any atom is -0.379 e. The van der Waals surface area contributed by atoms with Crippen LogP contribution in [0.25, 0.3) is 0 Å². The lowest BCUT2D eigenvalue weighted by molar-refractivity contribution is -0.0840. The van der Waals surface area contributed by atoms with Crippen LogP contribution < -0.4 is 0 Å². The Morgan fingerprint density at radius 1 is 1.27 bits per heavy atom. The largest absolute Gasteiger partial charge is 0.379 e. The molecule has 1 fully saturated rings. The van der Waals surface area contributed by atoms with E-state index in [1.54, 1.807) is 7.11 Å². The predicted molar refractivity (Wildman–Crippen MR) is 66.6 cm³/mol. The molecule has 0 N–H and O–H groups in total. The van der Waals surface area contributed by atoms with Gasteiger partial charge in [-0.1, -0.05) is 42.6 Å². The fraction of sp³-hybridized carbons (Fsp3) is 1.00. The van der Waals surface area contributed by atoms with Crippen molar-refractivity contribution >= 4 is 15.9 Å². The molecule has 1 atom stereocenters. The summed E-state index contributed by atoms with van der Waals surface area (Å²) in [5.41, 5.74) is 0.0890. The number of methoxy groups -OCH3 is 1. The Morgan fingerprint density at radius 3 is 2.27 bits per heavy atom. The Morgan fingerprint density at radius 2 is 1.87 bits per heavy atom. The second-order valence-electron chi connectivity index (χ2n) is 4.85. The highest BCUT2D eigenvalue weighted by Gasteiger charge is 2.34. The van der Waals surface area contributed by atoms with Gasteiger partial charge in [0.25, 0.3) is 0 Å². The Labute approximate surface area is 102 Å². The van der Waals surface area contributed by atoms with Crippen LogP contribution in [0.15, 0.2) is 0 Å². The van der Waals surface area contributed by atoms with Gasteiger partial charge in [-0.2, -0.15) is 0 Å². The summed E-state index contributed by atoms with van der Waals surface area (Å²) in [5.74, 6) is 0.517. The lowest BCUT2D eigenvalue weighted by atomic mass is 10.0. The van der Waals surface area contributed by atoms with E-state index in [1.165, 1.54) is 25.7 Å². The third-order valence-electron chi connectivity index (χ3n) is 3.36. The third-order valence-corrected chi connectivity index (χ3v) is 4.38. The summed E-state index contributed by atoms with van der Waals surface area (Å²) in [7, 11) is 1.77. The van der Waals surface area contributed by atoms with Crippen LogP contribution in [0.3, 0.4) is 0 Å². The van der Waals surface area contributed by atoms with E-state index < -0.39 is 0 Å². The predicted octanol–water partition coefficient (Wildman–Crippen LogP) is 3.38. The fourth-order valence-electron chi connectivity index (χ4n) is 2.13. The van der Waals surface area contributed by atoms with Crippen LogP contribution in [0.4, 0.5) is 0 Å². The van der Waals surface area contributed by atoms with Crippen molar-refractivity contribution in [2.75, 3.05) is 19.0 Å². The maximum atomic E-state index is 6.08. The molecular weight excluding hydrogens is 256 g/mol. The zero-order chi connectivity index (χ0) is 11.3. The first-order valence-electron chi connectivity index (χ1n) is 5.86. The molecule has 2 nitrogen and oxygen atoms in total. The lowest BCUT2D eigenvalue weighted by Gasteiger charge is -2.30. The molecule has 0 aliphatic heterocycles. The van der Waals surface area contributed by atoms with E-state index in [0.717, 1.165) is 11.9 Å². The molecule has 1 aliphatic rings. The summed E-state index contributed by atoms with van der Waals surface area (Å²) in [6, 6.07) is 0. The average molecular weight is 279 g/mol. The molecule has 15 heavy (non-hydrogen) atoms. The molecule has 3 heteroatoms. The molecule has 0 heterocycles. The second-order valence-corrected chi connectivity index (χ2v) is 5.41. The van der Waals surface area contributed by atoms with Crippen LogP contribution in [-0.2, 0) is 9.47 Å². The van der Waals surface area contributed by atoms with Gasteiger partial charge < -0.3 is 9.47 Å². The lowest BCUT2D eigenvalue weighted by Crippen LogP contribution is -2.36. The van der Waals surface area contributed by atoms with E-state index in [4.69, 9.17) is 9.47 Å². The average Bonchev–Trinajstić information content (AvgIpc) is 2.68. The summed E-state index contributed by atoms with van der Waals surface area (Å²) in [6.07, 6.45) is 5.19. The van der Waals surface area contributed by atoms with E-state index in [-0.39, 0.29) is 11.7 Å². The number of ether oxygens (including phenoxy) is 2. The molecule has 0 aromatic heterocycles. The van der Waals surface area contributed by atoms with Gasteiger partial charge in [0.05, 0.1) is 18.3 Å². The van der Waals surface area contributed by atoms with Crippen LogP contribution in [0.1, 0.15) is 39.5 Å². The second kappa shape index (κ2) is 6.21. The fourth-order valence-corrected chi connectivity index (χ4v) is 2.85. The molecule has 1 unspecified atom stereocenters. The monoisotopic (exact) mass is 278 g/mol. The Hall–Kier alpha value is 0.400. The molecule has 90 valence electrons. The van der Waals surface area contributed by atoms with E-state index in [9.17, 15) is 0 Å². The standard InChI is InChI=1S/C12H23BrO2/c1-10(2)11(14-3)8-15-12(9-13)6-4-5-7-12/h10-11H,4-9H2,1-3H3. The van der Waals surface area contributed by atoms with Gasteiger partial charge in [-0.25, -0.2) is 0 Å². The van der Waals surface area contributed by atoms with E-state index in [2.05, 4.69) is 29.8 Å². The molecule has 0 aromatic carbocycles. The van der Waals surface area contributed by atoms with Crippen molar-refractivity contribution < 1.29 is 9.47 Å². The molecule has 1 rings (SSSR count). The molecule has 0 aromatic rings. The van der Waals surface area contributed by atoms with Gasteiger partial charge in [-0.15, -0.1) is 0 Å². The highest BCUT2D eigenvalue weighted by molar-refractivity contribution is 9.09. The maximum Gasteiger partial charge on any atom is 0.0827 e. The normalized spacial score (nSPS) is 22.2. The summed E-state index contributed by atoms with van der Waals surface area (Å²) >= 11 is 3.58. The van der Waals surface area contributed by atoms with E-state index in [0.29, 0.717) is 5.92 Å². The maximum absolute atomic E-state index is 6.08. The smallest absolute Gasteiger partial charge is 0.0827 e. The van der Waals surface area contributed by atoms with Crippen LogP contribution in [-0.4, -0.2) is 30.8 Å². The first-order valence-corrected chi connectivity index (χ1v) is 6.98. The van der Waals surface area contributed by atoms with Crippen LogP contribution in [0.5, 0.6) is 0 Å². The van der Waals surface area contributed by atoms with Crippen molar-refractivity contribution in [3.8, 4) is 0 Å². The number of rotatable bonds is 6. The summed E-state index contributed by atoms with van der Waals surface area (Å²) in [4.78, 5) is 0. The Bertz CT molecular complexity index is 176. The number of hydrogen-bond donors (Lipinski definition) is 0. The first-order chi connectivity index (χ1) is 7.13. The van der Waals surface area contributed by atoms with Crippen molar-refractivity contribution in [3.05, 3.63) is 0 Å². The molecule has 1 saturated carbocycles. The quantitative estimate of drug-likeness (QED) is 0.694. The van der Waals surface area contributed by atoms with Gasteiger partial charge in [-0.05, 0) is 18.8 Å². The molecule has 0 saturated heterocycles. The molecule has 0 bridgehead atoms. The summed E-state index contributed by atoms with van der Waals surface area (Å²) in [5, 5.41) is 0.953. The minimum atomic E-state index is 0.0890. The van der Waals surface area contributed by atoms with Crippen molar-refractivity contribution in [1.82, 2.24) is 0 Å². The van der Waals surface area contributed by atoms with Crippen LogP contribution >= 0.6 is 15.9 Å². The van der Waals surface area contributed by atoms with Crippen molar-refractivity contribution in [3.63, 3.8) is 0 Å². The topological polar surface area (TPSA) is 18.5 Å². The number of halogens is 1.